The van der Waals surface area contributed by atoms with Crippen molar-refractivity contribution in [3.8, 4) is 22.6 Å². The second kappa shape index (κ2) is 9.44. The number of hydrogen-bond donors (Lipinski definition) is 1. The van der Waals surface area contributed by atoms with Gasteiger partial charge in [-0.3, -0.25) is 14.3 Å². The average Bonchev–Trinajstić information content (AvgIpc) is 3.43. The zero-order valence-electron chi connectivity index (χ0n) is 20.1. The standard InChI is InChI=1S/C28H22N6O2S/c1-17(33-26-25-27(31-15-30-26)37-16-32-25)23-12-18-7-6-10-22(19-11-21(36-2)14-29-13-19)24(18)28(35)34(23)20-8-4-3-5-9-20/h3-17H,1-2H3,(H,30,31,33). The van der Waals surface area contributed by atoms with E-state index in [0.717, 1.165) is 32.7 Å². The maximum absolute atomic E-state index is 14.3. The largest absolute Gasteiger partial charge is 0.495 e. The number of nitrogens with one attached hydrogen (secondary N) is 1. The maximum Gasteiger partial charge on any atom is 0.263 e. The summed E-state index contributed by atoms with van der Waals surface area (Å²) in [6.07, 6.45) is 4.92. The number of methoxy groups -OCH3 is 1. The van der Waals surface area contributed by atoms with Gasteiger partial charge in [-0.1, -0.05) is 36.4 Å². The number of thiazole rings is 1. The Labute approximate surface area is 216 Å². The molecule has 0 radical (unpaired) electrons. The van der Waals surface area contributed by atoms with Crippen LogP contribution in [-0.2, 0) is 0 Å². The van der Waals surface area contributed by atoms with E-state index in [1.165, 1.54) is 17.7 Å². The lowest BCUT2D eigenvalue weighted by Crippen LogP contribution is -2.26. The van der Waals surface area contributed by atoms with Crippen LogP contribution in [0.4, 0.5) is 5.82 Å². The molecule has 182 valence electrons. The molecule has 0 aliphatic rings. The second-order valence-electron chi connectivity index (χ2n) is 8.52. The number of para-hydroxylation sites is 1. The van der Waals surface area contributed by atoms with Crippen LogP contribution in [0.2, 0.25) is 0 Å². The van der Waals surface area contributed by atoms with Crippen molar-refractivity contribution in [3.05, 3.63) is 101 Å². The second-order valence-corrected chi connectivity index (χ2v) is 9.36. The van der Waals surface area contributed by atoms with Crippen LogP contribution >= 0.6 is 11.3 Å². The summed E-state index contributed by atoms with van der Waals surface area (Å²) < 4.78 is 7.14. The molecule has 8 nitrogen and oxygen atoms in total. The van der Waals surface area contributed by atoms with Crippen LogP contribution < -0.4 is 15.6 Å². The van der Waals surface area contributed by atoms with E-state index < -0.39 is 0 Å². The molecule has 2 aromatic carbocycles. The molecule has 0 aliphatic carbocycles. The Morgan fingerprint density at radius 2 is 1.86 bits per heavy atom. The Kier molecular flexibility index (Phi) is 5.82. The summed E-state index contributed by atoms with van der Waals surface area (Å²) in [5.74, 6) is 1.26. The molecule has 4 heterocycles. The first-order chi connectivity index (χ1) is 18.1. The topological polar surface area (TPSA) is 94.8 Å². The normalized spacial score (nSPS) is 12.1. The number of pyridine rings is 2. The maximum atomic E-state index is 14.3. The first kappa shape index (κ1) is 22.8. The van der Waals surface area contributed by atoms with E-state index in [-0.39, 0.29) is 11.6 Å². The minimum Gasteiger partial charge on any atom is -0.495 e. The van der Waals surface area contributed by atoms with E-state index in [2.05, 4.69) is 31.3 Å². The number of fused-ring (bicyclic) bond motifs is 2. The van der Waals surface area contributed by atoms with Crippen molar-refractivity contribution in [1.82, 2.24) is 24.5 Å². The quantitative estimate of drug-likeness (QED) is 0.313. The SMILES string of the molecule is COc1cncc(-c2cccc3cc(C(C)Nc4ncnc5scnc45)n(-c4ccccc4)c(=O)c23)c1. The summed E-state index contributed by atoms with van der Waals surface area (Å²) in [7, 11) is 1.60. The van der Waals surface area contributed by atoms with Gasteiger partial charge in [0.15, 0.2) is 5.82 Å². The lowest BCUT2D eigenvalue weighted by Gasteiger charge is -2.22. The third-order valence-electron chi connectivity index (χ3n) is 6.28. The molecule has 0 saturated heterocycles. The highest BCUT2D eigenvalue weighted by Crippen LogP contribution is 2.32. The van der Waals surface area contributed by atoms with Gasteiger partial charge in [-0.05, 0) is 42.1 Å². The first-order valence-electron chi connectivity index (χ1n) is 11.7. The Morgan fingerprint density at radius 3 is 2.70 bits per heavy atom. The highest BCUT2D eigenvalue weighted by molar-refractivity contribution is 7.16. The molecule has 0 bridgehead atoms. The molecular formula is C28H22N6O2S. The van der Waals surface area contributed by atoms with Crippen molar-refractivity contribution in [2.24, 2.45) is 0 Å². The van der Waals surface area contributed by atoms with Crippen molar-refractivity contribution in [2.75, 3.05) is 12.4 Å². The van der Waals surface area contributed by atoms with Crippen molar-refractivity contribution < 1.29 is 4.74 Å². The summed E-state index contributed by atoms with van der Waals surface area (Å²) in [6.45, 7) is 2.01. The van der Waals surface area contributed by atoms with E-state index in [1.807, 2.05) is 61.5 Å². The number of benzene rings is 2. The van der Waals surface area contributed by atoms with Crippen LogP contribution in [0.25, 0.3) is 37.9 Å². The summed E-state index contributed by atoms with van der Waals surface area (Å²) in [5, 5.41) is 4.91. The van der Waals surface area contributed by atoms with Crippen LogP contribution in [0.5, 0.6) is 5.75 Å². The molecular weight excluding hydrogens is 484 g/mol. The van der Waals surface area contributed by atoms with Gasteiger partial charge in [-0.25, -0.2) is 15.0 Å². The molecule has 0 aliphatic heterocycles. The number of aromatic nitrogens is 5. The molecule has 4 aromatic heterocycles. The van der Waals surface area contributed by atoms with Crippen LogP contribution in [0.1, 0.15) is 18.7 Å². The summed E-state index contributed by atoms with van der Waals surface area (Å²) in [6, 6.07) is 19.2. The zero-order chi connectivity index (χ0) is 25.4. The van der Waals surface area contributed by atoms with Gasteiger partial charge in [0.05, 0.1) is 30.2 Å². The number of nitrogens with zero attached hydrogens (tertiary/aromatic N) is 5. The predicted molar refractivity (Wildman–Crippen MR) is 147 cm³/mol. The zero-order valence-corrected chi connectivity index (χ0v) is 20.9. The lowest BCUT2D eigenvalue weighted by molar-refractivity contribution is 0.413. The van der Waals surface area contributed by atoms with Crippen molar-refractivity contribution >= 4 is 38.3 Å². The van der Waals surface area contributed by atoms with Gasteiger partial charge in [-0.15, -0.1) is 11.3 Å². The monoisotopic (exact) mass is 506 g/mol. The van der Waals surface area contributed by atoms with Crippen LogP contribution in [-0.4, -0.2) is 31.6 Å². The molecule has 0 saturated carbocycles. The molecule has 0 fully saturated rings. The van der Waals surface area contributed by atoms with Crippen molar-refractivity contribution in [3.63, 3.8) is 0 Å². The van der Waals surface area contributed by atoms with Gasteiger partial charge in [0, 0.05) is 23.1 Å². The molecule has 0 spiro atoms. The number of hydrogen-bond acceptors (Lipinski definition) is 8. The third-order valence-corrected chi connectivity index (χ3v) is 7.01. The third kappa shape index (κ3) is 4.09. The minimum atomic E-state index is -0.265. The number of ether oxygens (including phenoxy) is 1. The summed E-state index contributed by atoms with van der Waals surface area (Å²) >= 11 is 1.46. The van der Waals surface area contributed by atoms with Gasteiger partial charge in [0.25, 0.3) is 5.56 Å². The lowest BCUT2D eigenvalue weighted by atomic mass is 9.98. The van der Waals surface area contributed by atoms with Gasteiger partial charge in [-0.2, -0.15) is 0 Å². The van der Waals surface area contributed by atoms with Crippen molar-refractivity contribution in [1.29, 1.82) is 0 Å². The fourth-order valence-electron chi connectivity index (χ4n) is 4.54. The van der Waals surface area contributed by atoms with E-state index >= 15 is 0 Å². The number of anilines is 1. The van der Waals surface area contributed by atoms with E-state index in [9.17, 15) is 4.79 Å². The van der Waals surface area contributed by atoms with Crippen LogP contribution in [0.3, 0.4) is 0 Å². The highest BCUT2D eigenvalue weighted by atomic mass is 32.1. The van der Waals surface area contributed by atoms with E-state index in [4.69, 9.17) is 4.74 Å². The van der Waals surface area contributed by atoms with Crippen LogP contribution in [0.15, 0.2) is 89.7 Å². The Balaban J connectivity index is 1.57. The average molecular weight is 507 g/mol. The predicted octanol–water partition coefficient (Wildman–Crippen LogP) is 5.63. The van der Waals surface area contributed by atoms with Gasteiger partial charge < -0.3 is 10.1 Å². The Bertz CT molecular complexity index is 1800. The Morgan fingerprint density at radius 1 is 1.00 bits per heavy atom. The molecule has 1 N–H and O–H groups in total. The fourth-order valence-corrected chi connectivity index (χ4v) is 5.17. The van der Waals surface area contributed by atoms with Gasteiger partial charge >= 0.3 is 0 Å². The highest BCUT2D eigenvalue weighted by Gasteiger charge is 2.20. The minimum absolute atomic E-state index is 0.118. The fraction of sp³-hybridized carbons (Fsp3) is 0.107. The molecule has 1 unspecified atom stereocenters. The van der Waals surface area contributed by atoms with E-state index in [0.29, 0.717) is 22.5 Å². The molecule has 37 heavy (non-hydrogen) atoms. The van der Waals surface area contributed by atoms with Crippen LogP contribution in [0, 0.1) is 0 Å². The summed E-state index contributed by atoms with van der Waals surface area (Å²) in [4.78, 5) is 32.5. The Hall–Kier alpha value is -4.63. The molecule has 9 heteroatoms. The molecule has 1 atom stereocenters. The molecule has 6 rings (SSSR count). The summed E-state index contributed by atoms with van der Waals surface area (Å²) in [5.41, 5.74) is 5.52. The van der Waals surface area contributed by atoms with Gasteiger partial charge in [0.2, 0.25) is 0 Å². The van der Waals surface area contributed by atoms with E-state index in [1.54, 1.807) is 29.6 Å². The first-order valence-corrected chi connectivity index (χ1v) is 12.6. The van der Waals surface area contributed by atoms with Gasteiger partial charge in [0.1, 0.15) is 22.4 Å². The smallest absolute Gasteiger partial charge is 0.263 e. The molecule has 6 aromatic rings. The van der Waals surface area contributed by atoms with Crippen molar-refractivity contribution in [2.45, 2.75) is 13.0 Å². The number of rotatable bonds is 6. The molecule has 0 amide bonds.